The Labute approximate surface area is 66.8 Å². The standard InChI is InChI=1S/C6H8F3N3/c7-6(8,9)5(10)3-4-1-2-11-12-4/h1-2,5H,3,10H2,(H,11,12). The number of hydrogen-bond acceptors (Lipinski definition) is 2. The Morgan fingerprint density at radius 2 is 2.25 bits per heavy atom. The topological polar surface area (TPSA) is 54.7 Å². The van der Waals surface area contributed by atoms with Gasteiger partial charge in [-0.2, -0.15) is 18.3 Å². The lowest BCUT2D eigenvalue weighted by Crippen LogP contribution is -2.39. The summed E-state index contributed by atoms with van der Waals surface area (Å²) in [6.45, 7) is 0. The molecule has 1 aromatic heterocycles. The molecule has 0 radical (unpaired) electrons. The molecule has 0 aliphatic heterocycles. The van der Waals surface area contributed by atoms with Crippen molar-refractivity contribution in [1.29, 1.82) is 0 Å². The molecule has 1 heterocycles. The first kappa shape index (κ1) is 9.05. The van der Waals surface area contributed by atoms with E-state index in [2.05, 4.69) is 10.2 Å². The SMILES string of the molecule is NC(Cc1ccn[nH]1)C(F)(F)F. The molecule has 0 saturated carbocycles. The summed E-state index contributed by atoms with van der Waals surface area (Å²) >= 11 is 0. The third kappa shape index (κ3) is 2.23. The van der Waals surface area contributed by atoms with Crippen LogP contribution in [0.4, 0.5) is 13.2 Å². The lowest BCUT2D eigenvalue weighted by Gasteiger charge is -2.13. The van der Waals surface area contributed by atoms with Crippen LogP contribution in [0.2, 0.25) is 0 Å². The summed E-state index contributed by atoms with van der Waals surface area (Å²) in [5.74, 6) is 0. The number of halogens is 3. The Bertz CT molecular complexity index is 229. The van der Waals surface area contributed by atoms with E-state index < -0.39 is 12.2 Å². The molecule has 1 aromatic rings. The van der Waals surface area contributed by atoms with Gasteiger partial charge in [-0.05, 0) is 6.07 Å². The number of nitrogens with one attached hydrogen (secondary N) is 1. The van der Waals surface area contributed by atoms with Crippen LogP contribution in [0.1, 0.15) is 5.69 Å². The van der Waals surface area contributed by atoms with Gasteiger partial charge in [0.05, 0.1) is 0 Å². The van der Waals surface area contributed by atoms with Crippen molar-refractivity contribution >= 4 is 0 Å². The Morgan fingerprint density at radius 1 is 1.58 bits per heavy atom. The maximum atomic E-state index is 11.9. The van der Waals surface area contributed by atoms with Crippen LogP contribution in [-0.2, 0) is 6.42 Å². The number of rotatable bonds is 2. The molecule has 1 unspecified atom stereocenters. The highest BCUT2D eigenvalue weighted by molar-refractivity contribution is 5.00. The van der Waals surface area contributed by atoms with Crippen LogP contribution in [0.5, 0.6) is 0 Å². The van der Waals surface area contributed by atoms with Crippen LogP contribution >= 0.6 is 0 Å². The number of alkyl halides is 3. The molecule has 0 amide bonds. The van der Waals surface area contributed by atoms with Gasteiger partial charge in [0.2, 0.25) is 0 Å². The molecular weight excluding hydrogens is 171 g/mol. The highest BCUT2D eigenvalue weighted by atomic mass is 19.4. The quantitative estimate of drug-likeness (QED) is 0.706. The van der Waals surface area contributed by atoms with E-state index in [-0.39, 0.29) is 6.42 Å². The van der Waals surface area contributed by atoms with E-state index in [4.69, 9.17) is 5.73 Å². The molecule has 12 heavy (non-hydrogen) atoms. The van der Waals surface area contributed by atoms with Crippen molar-refractivity contribution in [3.63, 3.8) is 0 Å². The third-order valence-electron chi connectivity index (χ3n) is 1.42. The molecule has 6 heteroatoms. The zero-order chi connectivity index (χ0) is 9.19. The monoisotopic (exact) mass is 179 g/mol. The molecule has 3 nitrogen and oxygen atoms in total. The fourth-order valence-electron chi connectivity index (χ4n) is 0.751. The molecule has 3 N–H and O–H groups in total. The number of H-pyrrole nitrogens is 1. The van der Waals surface area contributed by atoms with Crippen molar-refractivity contribution in [3.05, 3.63) is 18.0 Å². The fraction of sp³-hybridized carbons (Fsp3) is 0.500. The summed E-state index contributed by atoms with van der Waals surface area (Å²) in [6, 6.07) is -0.357. The van der Waals surface area contributed by atoms with Gasteiger partial charge in [0.15, 0.2) is 0 Å². The van der Waals surface area contributed by atoms with Gasteiger partial charge >= 0.3 is 6.18 Å². The first-order valence-electron chi connectivity index (χ1n) is 3.30. The first-order chi connectivity index (χ1) is 5.50. The van der Waals surface area contributed by atoms with Crippen molar-refractivity contribution < 1.29 is 13.2 Å². The van der Waals surface area contributed by atoms with Crippen molar-refractivity contribution in [1.82, 2.24) is 10.2 Å². The van der Waals surface area contributed by atoms with Crippen molar-refractivity contribution in [2.75, 3.05) is 0 Å². The fourth-order valence-corrected chi connectivity index (χ4v) is 0.751. The van der Waals surface area contributed by atoms with Gasteiger partial charge in [0.25, 0.3) is 0 Å². The summed E-state index contributed by atoms with van der Waals surface area (Å²) < 4.78 is 35.6. The Morgan fingerprint density at radius 3 is 2.67 bits per heavy atom. The van der Waals surface area contributed by atoms with Gasteiger partial charge in [0.1, 0.15) is 6.04 Å². The first-order valence-corrected chi connectivity index (χ1v) is 3.30. The van der Waals surface area contributed by atoms with Gasteiger partial charge in [-0.25, -0.2) is 0 Å². The third-order valence-corrected chi connectivity index (χ3v) is 1.42. The van der Waals surface area contributed by atoms with Crippen LogP contribution in [0.15, 0.2) is 12.3 Å². The molecule has 1 rings (SSSR count). The van der Waals surface area contributed by atoms with E-state index in [0.29, 0.717) is 5.69 Å². The average Bonchev–Trinajstić information content (AvgIpc) is 2.37. The van der Waals surface area contributed by atoms with Gasteiger partial charge in [-0.15, -0.1) is 0 Å². The van der Waals surface area contributed by atoms with Crippen LogP contribution in [-0.4, -0.2) is 22.4 Å². The Balaban J connectivity index is 2.53. The number of nitrogens with two attached hydrogens (primary N) is 1. The molecule has 0 spiro atoms. The van der Waals surface area contributed by atoms with E-state index in [1.807, 2.05) is 0 Å². The van der Waals surface area contributed by atoms with Gasteiger partial charge in [0, 0.05) is 18.3 Å². The minimum absolute atomic E-state index is 0.260. The number of nitrogens with zero attached hydrogens (tertiary/aromatic N) is 1. The van der Waals surface area contributed by atoms with E-state index in [9.17, 15) is 13.2 Å². The van der Waals surface area contributed by atoms with E-state index >= 15 is 0 Å². The molecular formula is C6H8F3N3. The predicted molar refractivity (Wildman–Crippen MR) is 36.3 cm³/mol. The molecule has 68 valence electrons. The zero-order valence-corrected chi connectivity index (χ0v) is 6.10. The van der Waals surface area contributed by atoms with E-state index in [0.717, 1.165) is 0 Å². The summed E-state index contributed by atoms with van der Waals surface area (Å²) in [4.78, 5) is 0. The minimum atomic E-state index is -4.34. The second-order valence-corrected chi connectivity index (χ2v) is 2.43. The Hall–Kier alpha value is -1.04. The van der Waals surface area contributed by atoms with Gasteiger partial charge in [-0.3, -0.25) is 5.10 Å². The lowest BCUT2D eigenvalue weighted by molar-refractivity contribution is -0.147. The predicted octanol–water partition coefficient (Wildman–Crippen LogP) is 0.842. The summed E-state index contributed by atoms with van der Waals surface area (Å²) in [6.07, 6.45) is -3.22. The van der Waals surface area contributed by atoms with Crippen LogP contribution in [0.3, 0.4) is 0 Å². The summed E-state index contributed by atoms with van der Waals surface area (Å²) in [5.41, 5.74) is 5.26. The van der Waals surface area contributed by atoms with Crippen molar-refractivity contribution in [2.45, 2.75) is 18.6 Å². The molecule has 0 aliphatic rings. The molecule has 1 atom stereocenters. The number of hydrogen-bond donors (Lipinski definition) is 2. The minimum Gasteiger partial charge on any atom is -0.320 e. The average molecular weight is 179 g/mol. The maximum absolute atomic E-state index is 11.9. The highest BCUT2D eigenvalue weighted by Crippen LogP contribution is 2.20. The molecule has 0 aliphatic carbocycles. The highest BCUT2D eigenvalue weighted by Gasteiger charge is 2.36. The van der Waals surface area contributed by atoms with Crippen LogP contribution in [0.25, 0.3) is 0 Å². The van der Waals surface area contributed by atoms with E-state index in [1.165, 1.54) is 12.3 Å². The number of aromatic nitrogens is 2. The number of aromatic amines is 1. The largest absolute Gasteiger partial charge is 0.404 e. The normalized spacial score (nSPS) is 14.7. The zero-order valence-electron chi connectivity index (χ0n) is 6.10. The maximum Gasteiger partial charge on any atom is 0.404 e. The van der Waals surface area contributed by atoms with Crippen molar-refractivity contribution in [3.8, 4) is 0 Å². The van der Waals surface area contributed by atoms with Crippen LogP contribution < -0.4 is 5.73 Å². The molecule has 0 saturated heterocycles. The molecule has 0 bridgehead atoms. The second kappa shape index (κ2) is 3.14. The van der Waals surface area contributed by atoms with Crippen molar-refractivity contribution in [2.24, 2.45) is 5.73 Å². The lowest BCUT2D eigenvalue weighted by atomic mass is 10.2. The molecule has 0 fully saturated rings. The van der Waals surface area contributed by atoms with Gasteiger partial charge < -0.3 is 5.73 Å². The smallest absolute Gasteiger partial charge is 0.320 e. The van der Waals surface area contributed by atoms with E-state index in [1.54, 1.807) is 0 Å². The van der Waals surface area contributed by atoms with Gasteiger partial charge in [-0.1, -0.05) is 0 Å². The molecule has 0 aromatic carbocycles. The van der Waals surface area contributed by atoms with Crippen LogP contribution in [0, 0.1) is 0 Å². The second-order valence-electron chi connectivity index (χ2n) is 2.43. The summed E-state index contributed by atoms with van der Waals surface area (Å²) in [7, 11) is 0. The Kier molecular flexibility index (Phi) is 2.37. The summed E-state index contributed by atoms with van der Waals surface area (Å²) in [5, 5.41) is 5.92.